The number of alkyl carbamates (subject to hydrolysis) is 1. The van der Waals surface area contributed by atoms with Crippen molar-refractivity contribution in [2.24, 2.45) is 5.41 Å². The van der Waals surface area contributed by atoms with Gasteiger partial charge in [0.05, 0.1) is 6.61 Å². The quantitative estimate of drug-likeness (QED) is 0.520. The zero-order chi connectivity index (χ0) is 24.9. The number of benzene rings is 2. The number of aliphatic carboxylic acids is 1. The lowest BCUT2D eigenvalue weighted by molar-refractivity contribution is -0.145. The Morgan fingerprint density at radius 1 is 1.03 bits per heavy atom. The van der Waals surface area contributed by atoms with Crippen LogP contribution in [0.1, 0.15) is 44.2 Å². The van der Waals surface area contributed by atoms with Crippen molar-refractivity contribution >= 4 is 18.0 Å². The smallest absolute Gasteiger partial charge is 0.407 e. The number of carboxylic acid groups (broad SMARTS) is 1. The second kappa shape index (κ2) is 10.7. The SMILES string of the molecule is CC(C)(C)CC(NC(=O)OCC1c2ccccc2-c2ccccc21)C(=O)N(CCO)CC(=O)O. The van der Waals surface area contributed by atoms with Gasteiger partial charge in [0, 0.05) is 12.5 Å². The molecule has 3 rings (SSSR count). The molecule has 182 valence electrons. The van der Waals surface area contributed by atoms with Gasteiger partial charge < -0.3 is 25.2 Å². The lowest BCUT2D eigenvalue weighted by atomic mass is 9.87. The summed E-state index contributed by atoms with van der Waals surface area (Å²) in [6.45, 7) is 4.77. The first kappa shape index (κ1) is 25.2. The molecule has 0 bridgehead atoms. The normalized spacial score (nSPS) is 13.5. The van der Waals surface area contributed by atoms with Crippen molar-refractivity contribution in [1.82, 2.24) is 10.2 Å². The molecule has 1 atom stereocenters. The van der Waals surface area contributed by atoms with Crippen LogP contribution in [0.4, 0.5) is 4.79 Å². The van der Waals surface area contributed by atoms with Crippen molar-refractivity contribution in [3.8, 4) is 11.1 Å². The van der Waals surface area contributed by atoms with Gasteiger partial charge in [0.15, 0.2) is 0 Å². The van der Waals surface area contributed by atoms with Crippen molar-refractivity contribution in [1.29, 1.82) is 0 Å². The van der Waals surface area contributed by atoms with Gasteiger partial charge in [-0.2, -0.15) is 0 Å². The molecule has 8 heteroatoms. The molecular formula is C26H32N2O6. The number of fused-ring (bicyclic) bond motifs is 3. The minimum Gasteiger partial charge on any atom is -0.480 e. The zero-order valence-corrected chi connectivity index (χ0v) is 19.8. The van der Waals surface area contributed by atoms with Crippen LogP contribution in [0.2, 0.25) is 0 Å². The predicted molar refractivity (Wildman–Crippen MR) is 127 cm³/mol. The van der Waals surface area contributed by atoms with Crippen LogP contribution < -0.4 is 5.32 Å². The molecule has 3 N–H and O–H groups in total. The van der Waals surface area contributed by atoms with Crippen LogP contribution in [0.25, 0.3) is 11.1 Å². The number of rotatable bonds is 9. The van der Waals surface area contributed by atoms with Crippen LogP contribution in [0.15, 0.2) is 48.5 Å². The highest BCUT2D eigenvalue weighted by molar-refractivity contribution is 5.88. The number of carbonyl (C=O) groups excluding carboxylic acids is 2. The van der Waals surface area contributed by atoms with Gasteiger partial charge in [-0.3, -0.25) is 9.59 Å². The van der Waals surface area contributed by atoms with Gasteiger partial charge in [-0.1, -0.05) is 69.3 Å². The Morgan fingerprint density at radius 2 is 1.59 bits per heavy atom. The molecule has 1 aliphatic carbocycles. The average molecular weight is 469 g/mol. The third kappa shape index (κ3) is 6.14. The first-order valence-electron chi connectivity index (χ1n) is 11.3. The number of aliphatic hydroxyl groups is 1. The van der Waals surface area contributed by atoms with Gasteiger partial charge >= 0.3 is 12.1 Å². The molecule has 0 fully saturated rings. The Labute approximate surface area is 199 Å². The molecule has 2 amide bonds. The molecule has 2 aromatic carbocycles. The molecule has 2 aromatic rings. The Kier molecular flexibility index (Phi) is 7.94. The summed E-state index contributed by atoms with van der Waals surface area (Å²) in [6.07, 6.45) is -0.471. The number of nitrogens with zero attached hydrogens (tertiary/aromatic N) is 1. The highest BCUT2D eigenvalue weighted by atomic mass is 16.5. The second-order valence-electron chi connectivity index (χ2n) is 9.66. The fourth-order valence-corrected chi connectivity index (χ4v) is 4.37. The molecule has 34 heavy (non-hydrogen) atoms. The maximum absolute atomic E-state index is 13.1. The number of carbonyl (C=O) groups is 3. The molecule has 0 saturated heterocycles. The summed E-state index contributed by atoms with van der Waals surface area (Å²) in [6, 6.07) is 15.0. The molecular weight excluding hydrogens is 436 g/mol. The van der Waals surface area contributed by atoms with Crippen molar-refractivity contribution in [2.75, 3.05) is 26.3 Å². The summed E-state index contributed by atoms with van der Waals surface area (Å²) in [5.74, 6) is -1.88. The fourth-order valence-electron chi connectivity index (χ4n) is 4.37. The molecule has 0 spiro atoms. The molecule has 0 aromatic heterocycles. The molecule has 8 nitrogen and oxygen atoms in total. The fraction of sp³-hybridized carbons (Fsp3) is 0.423. The molecule has 0 saturated carbocycles. The van der Waals surface area contributed by atoms with E-state index in [1.807, 2.05) is 69.3 Å². The summed E-state index contributed by atoms with van der Waals surface area (Å²) in [4.78, 5) is 38.0. The topological polar surface area (TPSA) is 116 Å². The number of hydrogen-bond donors (Lipinski definition) is 3. The molecule has 1 unspecified atom stereocenters. The average Bonchev–Trinajstić information content (AvgIpc) is 3.09. The van der Waals surface area contributed by atoms with E-state index in [2.05, 4.69) is 5.32 Å². The van der Waals surface area contributed by atoms with E-state index in [0.29, 0.717) is 0 Å². The van der Waals surface area contributed by atoms with Crippen molar-refractivity contribution in [3.05, 3.63) is 59.7 Å². The Morgan fingerprint density at radius 3 is 2.09 bits per heavy atom. The summed E-state index contributed by atoms with van der Waals surface area (Å²) in [5.41, 5.74) is 4.05. The number of hydrogen-bond acceptors (Lipinski definition) is 5. The lowest BCUT2D eigenvalue weighted by Crippen LogP contribution is -2.52. The molecule has 0 aliphatic heterocycles. The van der Waals surface area contributed by atoms with E-state index < -0.39 is 30.6 Å². The van der Waals surface area contributed by atoms with Crippen LogP contribution in [0, 0.1) is 5.41 Å². The van der Waals surface area contributed by atoms with Gasteiger partial charge in [0.25, 0.3) is 0 Å². The van der Waals surface area contributed by atoms with E-state index in [0.717, 1.165) is 27.2 Å². The Bertz CT molecular complexity index is 1000. The molecule has 1 aliphatic rings. The van der Waals surface area contributed by atoms with E-state index in [1.165, 1.54) is 0 Å². The number of amides is 2. The van der Waals surface area contributed by atoms with E-state index in [9.17, 15) is 19.5 Å². The maximum Gasteiger partial charge on any atom is 0.407 e. The van der Waals surface area contributed by atoms with Crippen molar-refractivity contribution in [2.45, 2.75) is 39.2 Å². The standard InChI is InChI=1S/C26H32N2O6/c1-26(2,3)14-22(24(32)28(12-13-29)15-23(30)31)27-25(33)34-16-21-19-10-6-4-8-17(19)18-9-5-7-11-20(18)21/h4-11,21-22,29H,12-16H2,1-3H3,(H,27,33)(H,30,31). The Balaban J connectivity index is 1.72. The maximum atomic E-state index is 13.1. The Hall–Kier alpha value is -3.39. The van der Waals surface area contributed by atoms with Gasteiger partial charge in [0.1, 0.15) is 19.2 Å². The van der Waals surface area contributed by atoms with Crippen LogP contribution in [-0.2, 0) is 14.3 Å². The monoisotopic (exact) mass is 468 g/mol. The summed E-state index contributed by atoms with van der Waals surface area (Å²) in [7, 11) is 0. The zero-order valence-electron chi connectivity index (χ0n) is 19.8. The van der Waals surface area contributed by atoms with Crippen molar-refractivity contribution < 1.29 is 29.3 Å². The highest BCUT2D eigenvalue weighted by Crippen LogP contribution is 2.44. The first-order chi connectivity index (χ1) is 16.1. The first-order valence-corrected chi connectivity index (χ1v) is 11.3. The van der Waals surface area contributed by atoms with Crippen LogP contribution in [-0.4, -0.2) is 65.4 Å². The van der Waals surface area contributed by atoms with Crippen LogP contribution in [0.5, 0.6) is 0 Å². The highest BCUT2D eigenvalue weighted by Gasteiger charge is 2.33. The van der Waals surface area contributed by atoms with Gasteiger partial charge in [-0.15, -0.1) is 0 Å². The third-order valence-corrected chi connectivity index (χ3v) is 5.76. The van der Waals surface area contributed by atoms with E-state index in [1.54, 1.807) is 0 Å². The summed E-state index contributed by atoms with van der Waals surface area (Å²) < 4.78 is 5.57. The van der Waals surface area contributed by atoms with Gasteiger partial charge in [0.2, 0.25) is 5.91 Å². The number of nitrogens with one attached hydrogen (secondary N) is 1. The minimum atomic E-state index is -1.20. The number of aliphatic hydroxyl groups excluding tert-OH is 1. The summed E-state index contributed by atoms with van der Waals surface area (Å²) in [5, 5.41) is 21.0. The summed E-state index contributed by atoms with van der Waals surface area (Å²) >= 11 is 0. The largest absolute Gasteiger partial charge is 0.480 e. The second-order valence-corrected chi connectivity index (χ2v) is 9.66. The van der Waals surface area contributed by atoms with Gasteiger partial charge in [-0.05, 0) is 34.1 Å². The van der Waals surface area contributed by atoms with Crippen molar-refractivity contribution in [3.63, 3.8) is 0 Å². The number of ether oxygens (including phenoxy) is 1. The minimum absolute atomic E-state index is 0.103. The third-order valence-electron chi connectivity index (χ3n) is 5.76. The lowest BCUT2D eigenvalue weighted by Gasteiger charge is -2.30. The molecule has 0 radical (unpaired) electrons. The van der Waals surface area contributed by atoms with E-state index in [-0.39, 0.29) is 37.5 Å². The van der Waals surface area contributed by atoms with Crippen LogP contribution >= 0.6 is 0 Å². The van der Waals surface area contributed by atoms with E-state index >= 15 is 0 Å². The van der Waals surface area contributed by atoms with E-state index in [4.69, 9.17) is 9.84 Å². The van der Waals surface area contributed by atoms with Crippen LogP contribution in [0.3, 0.4) is 0 Å². The number of carboxylic acids is 1. The van der Waals surface area contributed by atoms with Gasteiger partial charge in [-0.25, -0.2) is 4.79 Å². The molecule has 0 heterocycles. The predicted octanol–water partition coefficient (Wildman–Crippen LogP) is 3.24.